The Kier molecular flexibility index (Phi) is 4.92. The molecule has 1 atom stereocenters. The second-order valence-electron chi connectivity index (χ2n) is 8.93. The van der Waals surface area contributed by atoms with Crippen molar-refractivity contribution in [3.05, 3.63) is 72.3 Å². The predicted molar refractivity (Wildman–Crippen MR) is 131 cm³/mol. The Balaban J connectivity index is 1.16. The van der Waals surface area contributed by atoms with Crippen molar-refractivity contribution in [3.8, 4) is 0 Å². The van der Waals surface area contributed by atoms with Crippen LogP contribution in [0.5, 0.6) is 0 Å². The minimum Gasteiger partial charge on any atom is -0.381 e. The summed E-state index contributed by atoms with van der Waals surface area (Å²) in [7, 11) is 0. The molecule has 4 heterocycles. The maximum atomic E-state index is 6.68. The molecule has 1 fully saturated rings. The standard InChI is InChI=1S/C25H25N7S/c26-22-18-5-3-9-28-20(18)13-25(22)7-10-32(11-8-25)21-15-30-24(23(27)31-21)33-17-12-16-4-1-2-6-19(16)29-14-17/h1-6,9,12,14-15,22H,7-8,10-11,13,26H2,(H2,27,31)/t22-/m1/s1. The summed E-state index contributed by atoms with van der Waals surface area (Å²) in [5.74, 6) is 1.27. The fourth-order valence-corrected chi connectivity index (χ4v) is 5.93. The Labute approximate surface area is 196 Å². The number of para-hydroxylation sites is 1. The average molecular weight is 456 g/mol. The topological polar surface area (TPSA) is 107 Å². The zero-order valence-corrected chi connectivity index (χ0v) is 19.0. The zero-order valence-electron chi connectivity index (χ0n) is 18.2. The van der Waals surface area contributed by atoms with Crippen molar-refractivity contribution in [2.45, 2.75) is 35.2 Å². The highest BCUT2D eigenvalue weighted by Gasteiger charge is 2.46. The van der Waals surface area contributed by atoms with E-state index >= 15 is 0 Å². The van der Waals surface area contributed by atoms with Gasteiger partial charge in [0.25, 0.3) is 0 Å². The van der Waals surface area contributed by atoms with Gasteiger partial charge in [-0.2, -0.15) is 0 Å². The van der Waals surface area contributed by atoms with Gasteiger partial charge in [-0.15, -0.1) is 0 Å². The van der Waals surface area contributed by atoms with Gasteiger partial charge in [0.05, 0.1) is 11.7 Å². The van der Waals surface area contributed by atoms with Crippen molar-refractivity contribution in [3.63, 3.8) is 0 Å². The van der Waals surface area contributed by atoms with E-state index in [1.165, 1.54) is 17.3 Å². The number of hydrogen-bond acceptors (Lipinski definition) is 8. The van der Waals surface area contributed by atoms with Crippen LogP contribution in [0.1, 0.15) is 30.1 Å². The number of hydrogen-bond donors (Lipinski definition) is 2. The summed E-state index contributed by atoms with van der Waals surface area (Å²) in [6.07, 6.45) is 8.52. The van der Waals surface area contributed by atoms with E-state index < -0.39 is 0 Å². The van der Waals surface area contributed by atoms with Gasteiger partial charge in [-0.3, -0.25) is 9.97 Å². The maximum Gasteiger partial charge on any atom is 0.158 e. The van der Waals surface area contributed by atoms with Crippen LogP contribution in [0.15, 0.2) is 71.0 Å². The van der Waals surface area contributed by atoms with E-state index in [4.69, 9.17) is 11.5 Å². The van der Waals surface area contributed by atoms with Gasteiger partial charge < -0.3 is 16.4 Å². The van der Waals surface area contributed by atoms with Gasteiger partial charge in [-0.25, -0.2) is 9.97 Å². The number of nitrogens with zero attached hydrogens (tertiary/aromatic N) is 5. The largest absolute Gasteiger partial charge is 0.381 e. The summed E-state index contributed by atoms with van der Waals surface area (Å²) in [6, 6.07) is 14.3. The molecule has 7 nitrogen and oxygen atoms in total. The first-order valence-electron chi connectivity index (χ1n) is 11.2. The van der Waals surface area contributed by atoms with E-state index in [2.05, 4.69) is 43.0 Å². The van der Waals surface area contributed by atoms with Crippen LogP contribution in [0.2, 0.25) is 0 Å². The van der Waals surface area contributed by atoms with Crippen molar-refractivity contribution in [1.82, 2.24) is 19.9 Å². The van der Waals surface area contributed by atoms with E-state index in [0.29, 0.717) is 10.8 Å². The van der Waals surface area contributed by atoms with Gasteiger partial charge in [0.2, 0.25) is 0 Å². The van der Waals surface area contributed by atoms with Gasteiger partial charge >= 0.3 is 0 Å². The first kappa shape index (κ1) is 20.4. The number of benzene rings is 1. The molecular formula is C25H25N7S. The van der Waals surface area contributed by atoms with Crippen molar-refractivity contribution in [2.24, 2.45) is 11.1 Å². The number of fused-ring (bicyclic) bond motifs is 2. The van der Waals surface area contributed by atoms with Gasteiger partial charge in [0, 0.05) is 47.5 Å². The number of nitrogen functional groups attached to an aromatic ring is 1. The number of anilines is 2. The molecule has 0 radical (unpaired) electrons. The van der Waals surface area contributed by atoms with Gasteiger partial charge in [-0.05, 0) is 48.4 Å². The molecule has 33 heavy (non-hydrogen) atoms. The van der Waals surface area contributed by atoms with Crippen LogP contribution in [-0.2, 0) is 6.42 Å². The molecule has 6 rings (SSSR count). The van der Waals surface area contributed by atoms with E-state index in [0.717, 1.165) is 59.7 Å². The van der Waals surface area contributed by atoms with Gasteiger partial charge in [0.15, 0.2) is 5.82 Å². The maximum absolute atomic E-state index is 6.68. The van der Waals surface area contributed by atoms with Crippen LogP contribution in [0.25, 0.3) is 10.9 Å². The summed E-state index contributed by atoms with van der Waals surface area (Å²) in [4.78, 5) is 21.7. The van der Waals surface area contributed by atoms with Crippen LogP contribution < -0.4 is 16.4 Å². The first-order valence-corrected chi connectivity index (χ1v) is 12.0. The SMILES string of the molecule is Nc1nc(N2CCC3(CC2)Cc2ncccc2[C@H]3N)cnc1Sc1cnc2ccccc2c1. The normalized spacial score (nSPS) is 19.2. The molecule has 3 aromatic heterocycles. The van der Waals surface area contributed by atoms with E-state index in [1.807, 2.05) is 42.9 Å². The van der Waals surface area contributed by atoms with Crippen molar-refractivity contribution in [1.29, 1.82) is 0 Å². The van der Waals surface area contributed by atoms with Crippen molar-refractivity contribution in [2.75, 3.05) is 23.7 Å². The van der Waals surface area contributed by atoms with Crippen molar-refractivity contribution >= 4 is 34.3 Å². The Hall–Kier alpha value is -3.23. The smallest absolute Gasteiger partial charge is 0.158 e. The molecule has 8 heteroatoms. The third-order valence-electron chi connectivity index (χ3n) is 7.05. The molecule has 1 aliphatic heterocycles. The molecule has 2 aliphatic rings. The van der Waals surface area contributed by atoms with Crippen LogP contribution in [0.3, 0.4) is 0 Å². The molecule has 4 N–H and O–H groups in total. The zero-order chi connectivity index (χ0) is 22.4. The molecule has 1 aliphatic carbocycles. The predicted octanol–water partition coefficient (Wildman–Crippen LogP) is 4.00. The molecule has 0 unspecified atom stereocenters. The number of aromatic nitrogens is 4. The highest BCUT2D eigenvalue weighted by molar-refractivity contribution is 7.99. The summed E-state index contributed by atoms with van der Waals surface area (Å²) in [5.41, 5.74) is 16.4. The van der Waals surface area contributed by atoms with E-state index in [9.17, 15) is 0 Å². The van der Waals surface area contributed by atoms with Crippen LogP contribution >= 0.6 is 11.8 Å². The highest BCUT2D eigenvalue weighted by atomic mass is 32.2. The number of piperidine rings is 1. The number of nitrogens with two attached hydrogens (primary N) is 2. The summed E-state index contributed by atoms with van der Waals surface area (Å²) < 4.78 is 0. The lowest BCUT2D eigenvalue weighted by molar-refractivity contribution is 0.186. The van der Waals surface area contributed by atoms with Crippen molar-refractivity contribution < 1.29 is 0 Å². The molecule has 1 spiro atoms. The number of pyridine rings is 2. The molecule has 4 aromatic rings. The Morgan fingerprint density at radius 3 is 2.67 bits per heavy atom. The second-order valence-corrected chi connectivity index (χ2v) is 9.99. The molecule has 1 aromatic carbocycles. The summed E-state index contributed by atoms with van der Waals surface area (Å²) in [5, 5.41) is 1.79. The second kappa shape index (κ2) is 7.97. The van der Waals surface area contributed by atoms with Gasteiger partial charge in [-0.1, -0.05) is 36.0 Å². The fraction of sp³-hybridized carbons (Fsp3) is 0.280. The summed E-state index contributed by atoms with van der Waals surface area (Å²) >= 11 is 1.49. The van der Waals surface area contributed by atoms with Crippen LogP contribution in [-0.4, -0.2) is 33.0 Å². The van der Waals surface area contributed by atoms with Crippen LogP contribution in [0.4, 0.5) is 11.6 Å². The lowest BCUT2D eigenvalue weighted by atomic mass is 9.73. The third kappa shape index (κ3) is 3.59. The lowest BCUT2D eigenvalue weighted by Gasteiger charge is -2.42. The monoisotopic (exact) mass is 455 g/mol. The number of rotatable bonds is 3. The highest BCUT2D eigenvalue weighted by Crippen LogP contribution is 2.50. The molecule has 0 bridgehead atoms. The van der Waals surface area contributed by atoms with E-state index in [1.54, 1.807) is 0 Å². The fourth-order valence-electron chi connectivity index (χ4n) is 5.16. The lowest BCUT2D eigenvalue weighted by Crippen LogP contribution is -2.44. The van der Waals surface area contributed by atoms with Crippen LogP contribution in [0, 0.1) is 5.41 Å². The molecule has 0 saturated carbocycles. The van der Waals surface area contributed by atoms with E-state index in [-0.39, 0.29) is 11.5 Å². The average Bonchev–Trinajstić information content (AvgIpc) is 3.12. The summed E-state index contributed by atoms with van der Waals surface area (Å²) in [6.45, 7) is 1.77. The Morgan fingerprint density at radius 2 is 1.85 bits per heavy atom. The minimum atomic E-state index is 0.0499. The van der Waals surface area contributed by atoms with Gasteiger partial charge in [0.1, 0.15) is 10.8 Å². The molecule has 166 valence electrons. The molecule has 0 amide bonds. The molecular weight excluding hydrogens is 430 g/mol. The third-order valence-corrected chi connectivity index (χ3v) is 8.02. The Bertz CT molecular complexity index is 1330. The quantitative estimate of drug-likeness (QED) is 0.477. The Morgan fingerprint density at radius 1 is 1.00 bits per heavy atom. The first-order chi connectivity index (χ1) is 16.1. The minimum absolute atomic E-state index is 0.0499. The molecule has 1 saturated heterocycles.